The number of benzene rings is 1. The maximum absolute atomic E-state index is 11.5. The molecule has 1 aromatic carbocycles. The largest absolute Gasteiger partial charge is 0.461 e. The van der Waals surface area contributed by atoms with E-state index in [1.807, 2.05) is 6.92 Å². The summed E-state index contributed by atoms with van der Waals surface area (Å²) in [6.07, 6.45) is 5.24. The van der Waals surface area contributed by atoms with E-state index in [0.717, 1.165) is 18.4 Å². The Hall–Kier alpha value is -1.44. The molecule has 0 saturated heterocycles. The highest BCUT2D eigenvalue weighted by Gasteiger charge is 2.23. The molecule has 0 spiro atoms. The molecule has 0 amide bonds. The molecule has 0 heterocycles. The standard InChI is InChI=1S/C11H21NO2.C7H8O3S/c1-8(2)7-10(12)11(13)14-9-5-3-4-6-9;1-6-2-4-7(5-3-6)11(8,9)10/h8-10H,3-7,12H2,1-2H3;2-5H,1H3,(H,8,9,10). The Morgan fingerprint density at radius 2 is 1.76 bits per heavy atom. The summed E-state index contributed by atoms with van der Waals surface area (Å²) in [4.78, 5) is 11.4. The van der Waals surface area contributed by atoms with Gasteiger partial charge in [-0.3, -0.25) is 9.35 Å². The normalized spacial score (nSPS) is 16.2. The molecule has 1 unspecified atom stereocenters. The predicted octanol–water partition coefficient (Wildman–Crippen LogP) is 3.09. The molecule has 1 saturated carbocycles. The van der Waals surface area contributed by atoms with Crippen LogP contribution in [0.5, 0.6) is 0 Å². The van der Waals surface area contributed by atoms with Crippen LogP contribution in [-0.2, 0) is 19.6 Å². The van der Waals surface area contributed by atoms with Gasteiger partial charge in [0.15, 0.2) is 0 Å². The molecule has 1 aliphatic carbocycles. The summed E-state index contributed by atoms with van der Waals surface area (Å²) in [6, 6.07) is 5.55. The van der Waals surface area contributed by atoms with E-state index >= 15 is 0 Å². The van der Waals surface area contributed by atoms with E-state index < -0.39 is 16.2 Å². The number of ether oxygens (including phenoxy) is 1. The van der Waals surface area contributed by atoms with Crippen LogP contribution >= 0.6 is 0 Å². The van der Waals surface area contributed by atoms with E-state index in [2.05, 4.69) is 13.8 Å². The van der Waals surface area contributed by atoms with Crippen LogP contribution in [-0.4, -0.2) is 31.1 Å². The number of carbonyl (C=O) groups is 1. The van der Waals surface area contributed by atoms with Gasteiger partial charge in [-0.2, -0.15) is 8.42 Å². The first-order valence-electron chi connectivity index (χ1n) is 8.60. The van der Waals surface area contributed by atoms with Crippen LogP contribution in [0.15, 0.2) is 29.2 Å². The number of carbonyl (C=O) groups excluding carboxylic acids is 1. The molecule has 0 radical (unpaired) electrons. The average molecular weight is 371 g/mol. The molecule has 25 heavy (non-hydrogen) atoms. The van der Waals surface area contributed by atoms with Crippen molar-refractivity contribution in [1.29, 1.82) is 0 Å². The summed E-state index contributed by atoms with van der Waals surface area (Å²) in [5.74, 6) is 0.228. The fourth-order valence-electron chi connectivity index (χ4n) is 2.57. The Bertz CT molecular complexity index is 634. The van der Waals surface area contributed by atoms with Crippen molar-refractivity contribution in [2.45, 2.75) is 69.9 Å². The third-order valence-electron chi connectivity index (χ3n) is 3.93. The van der Waals surface area contributed by atoms with Crippen molar-refractivity contribution in [3.63, 3.8) is 0 Å². The minimum absolute atomic E-state index is 0.0666. The number of nitrogens with two attached hydrogens (primary N) is 1. The molecule has 7 heteroatoms. The topological polar surface area (TPSA) is 107 Å². The lowest BCUT2D eigenvalue weighted by Gasteiger charge is -2.16. The number of hydrogen-bond acceptors (Lipinski definition) is 5. The van der Waals surface area contributed by atoms with Crippen molar-refractivity contribution in [2.75, 3.05) is 0 Å². The van der Waals surface area contributed by atoms with Crippen LogP contribution in [0.3, 0.4) is 0 Å². The van der Waals surface area contributed by atoms with Gasteiger partial charge in [0.05, 0.1) is 4.90 Å². The van der Waals surface area contributed by atoms with Crippen molar-refractivity contribution in [3.05, 3.63) is 29.8 Å². The van der Waals surface area contributed by atoms with Crippen LogP contribution in [0, 0.1) is 12.8 Å². The Morgan fingerprint density at radius 1 is 1.24 bits per heavy atom. The third kappa shape index (κ3) is 8.47. The summed E-state index contributed by atoms with van der Waals surface area (Å²) in [6.45, 7) is 5.96. The summed E-state index contributed by atoms with van der Waals surface area (Å²) >= 11 is 0. The average Bonchev–Trinajstić information content (AvgIpc) is 2.99. The fourth-order valence-corrected chi connectivity index (χ4v) is 3.05. The van der Waals surface area contributed by atoms with Gasteiger partial charge in [-0.1, -0.05) is 31.5 Å². The highest BCUT2D eigenvalue weighted by atomic mass is 32.2. The fraction of sp³-hybridized carbons (Fsp3) is 0.611. The first-order valence-corrected chi connectivity index (χ1v) is 10.0. The molecule has 6 nitrogen and oxygen atoms in total. The van der Waals surface area contributed by atoms with Crippen LogP contribution in [0.4, 0.5) is 0 Å². The van der Waals surface area contributed by atoms with Crippen molar-refractivity contribution >= 4 is 16.1 Å². The lowest BCUT2D eigenvalue weighted by atomic mass is 10.0. The van der Waals surface area contributed by atoms with E-state index in [4.69, 9.17) is 15.0 Å². The minimum atomic E-state index is -4.02. The highest BCUT2D eigenvalue weighted by molar-refractivity contribution is 7.85. The Kier molecular flexibility index (Phi) is 8.55. The lowest BCUT2D eigenvalue weighted by molar-refractivity contribution is -0.150. The van der Waals surface area contributed by atoms with E-state index in [1.165, 1.54) is 25.0 Å². The molecule has 1 atom stereocenters. The van der Waals surface area contributed by atoms with Gasteiger partial charge >= 0.3 is 5.97 Å². The van der Waals surface area contributed by atoms with E-state index in [1.54, 1.807) is 12.1 Å². The number of esters is 1. The Labute approximate surface area is 150 Å². The van der Waals surface area contributed by atoms with Gasteiger partial charge in [0.2, 0.25) is 0 Å². The molecule has 1 fully saturated rings. The van der Waals surface area contributed by atoms with Crippen LogP contribution < -0.4 is 5.73 Å². The van der Waals surface area contributed by atoms with Gasteiger partial charge in [0, 0.05) is 0 Å². The summed E-state index contributed by atoms with van der Waals surface area (Å²) in [7, 11) is -4.02. The molecule has 0 bridgehead atoms. The molecule has 142 valence electrons. The van der Waals surface area contributed by atoms with E-state index in [-0.39, 0.29) is 17.0 Å². The molecule has 1 aromatic rings. The second kappa shape index (κ2) is 9.89. The smallest absolute Gasteiger partial charge is 0.323 e. The second-order valence-corrected chi connectivity index (χ2v) is 8.29. The molecule has 3 N–H and O–H groups in total. The third-order valence-corrected chi connectivity index (χ3v) is 4.80. The summed E-state index contributed by atoms with van der Waals surface area (Å²) < 4.78 is 34.9. The van der Waals surface area contributed by atoms with Gasteiger partial charge in [0.25, 0.3) is 10.1 Å². The SMILES string of the molecule is CC(C)CC(N)C(=O)OC1CCCC1.Cc1ccc(S(=O)(=O)O)cc1. The molecule has 0 aliphatic heterocycles. The Morgan fingerprint density at radius 3 is 2.20 bits per heavy atom. The maximum atomic E-state index is 11.5. The lowest BCUT2D eigenvalue weighted by Crippen LogP contribution is -2.35. The van der Waals surface area contributed by atoms with E-state index in [9.17, 15) is 13.2 Å². The van der Waals surface area contributed by atoms with E-state index in [0.29, 0.717) is 12.3 Å². The molecule has 2 rings (SSSR count). The molecular formula is C18H29NO5S. The number of aryl methyl sites for hydroxylation is 1. The van der Waals surface area contributed by atoms with Gasteiger partial charge < -0.3 is 10.5 Å². The van der Waals surface area contributed by atoms with Gasteiger partial charge in [-0.05, 0) is 57.1 Å². The van der Waals surface area contributed by atoms with Crippen LogP contribution in [0.25, 0.3) is 0 Å². The Balaban J connectivity index is 0.000000257. The quantitative estimate of drug-likeness (QED) is 0.608. The molecule has 1 aliphatic rings. The highest BCUT2D eigenvalue weighted by Crippen LogP contribution is 2.21. The van der Waals surface area contributed by atoms with Gasteiger partial charge in [-0.25, -0.2) is 0 Å². The predicted molar refractivity (Wildman–Crippen MR) is 96.8 cm³/mol. The van der Waals surface area contributed by atoms with Gasteiger partial charge in [-0.15, -0.1) is 0 Å². The zero-order valence-corrected chi connectivity index (χ0v) is 16.0. The van der Waals surface area contributed by atoms with Crippen molar-refractivity contribution in [2.24, 2.45) is 11.7 Å². The first-order chi connectivity index (χ1) is 11.6. The molecule has 0 aromatic heterocycles. The van der Waals surface area contributed by atoms with Crippen molar-refractivity contribution in [3.8, 4) is 0 Å². The zero-order valence-electron chi connectivity index (χ0n) is 15.1. The number of hydrogen-bond donors (Lipinski definition) is 2. The maximum Gasteiger partial charge on any atom is 0.323 e. The monoisotopic (exact) mass is 371 g/mol. The van der Waals surface area contributed by atoms with Crippen molar-refractivity contribution < 1.29 is 22.5 Å². The summed E-state index contributed by atoms with van der Waals surface area (Å²) in [5, 5.41) is 0. The number of rotatable bonds is 5. The zero-order chi connectivity index (χ0) is 19.0. The van der Waals surface area contributed by atoms with Crippen LogP contribution in [0.1, 0.15) is 51.5 Å². The summed E-state index contributed by atoms with van der Waals surface area (Å²) in [5.41, 5.74) is 6.68. The first kappa shape index (κ1) is 21.6. The van der Waals surface area contributed by atoms with Crippen molar-refractivity contribution in [1.82, 2.24) is 0 Å². The minimum Gasteiger partial charge on any atom is -0.461 e. The second-order valence-electron chi connectivity index (χ2n) is 6.87. The van der Waals surface area contributed by atoms with Crippen LogP contribution in [0.2, 0.25) is 0 Å². The van der Waals surface area contributed by atoms with Gasteiger partial charge in [0.1, 0.15) is 12.1 Å². The molecular weight excluding hydrogens is 342 g/mol.